The van der Waals surface area contributed by atoms with Gasteiger partial charge in [0.15, 0.2) is 0 Å². The fourth-order valence-corrected chi connectivity index (χ4v) is 2.83. The van der Waals surface area contributed by atoms with Crippen molar-refractivity contribution in [3.8, 4) is 5.75 Å². The molecule has 0 fully saturated rings. The third kappa shape index (κ3) is 5.98. The summed E-state index contributed by atoms with van der Waals surface area (Å²) in [6, 6.07) is 8.98. The maximum Gasteiger partial charge on any atom is 0.269 e. The van der Waals surface area contributed by atoms with E-state index in [0.29, 0.717) is 29.1 Å². The van der Waals surface area contributed by atoms with E-state index in [0.717, 1.165) is 0 Å². The van der Waals surface area contributed by atoms with E-state index in [1.807, 2.05) is 6.26 Å². The summed E-state index contributed by atoms with van der Waals surface area (Å²) in [5, 5.41) is 2.70. The predicted molar refractivity (Wildman–Crippen MR) is 107 cm³/mol. The number of ether oxygens (including phenoxy) is 1. The van der Waals surface area contributed by atoms with E-state index in [4.69, 9.17) is 4.74 Å². The van der Waals surface area contributed by atoms with Gasteiger partial charge in [-0.15, -0.1) is 0 Å². The normalized spacial score (nSPS) is 11.2. The third-order valence-corrected chi connectivity index (χ3v) is 4.47. The van der Waals surface area contributed by atoms with Crippen LogP contribution in [0, 0.1) is 0 Å². The van der Waals surface area contributed by atoms with Crippen LogP contribution in [0.1, 0.15) is 27.1 Å². The molecule has 2 aromatic rings. The maximum atomic E-state index is 12.6. The fraction of sp³-hybridized carbons (Fsp3) is 0.263. The molecule has 0 radical (unpaired) electrons. The number of nitrogens with zero attached hydrogens (tertiary/aromatic N) is 1. The zero-order valence-corrected chi connectivity index (χ0v) is 16.4. The minimum Gasteiger partial charge on any atom is -0.496 e. The molecule has 1 atom stereocenters. The molecule has 3 amide bonds. The monoisotopic (exact) mass is 402 g/mol. The first-order valence-corrected chi connectivity index (χ1v) is 9.89. The minimum absolute atomic E-state index is 0.327. The van der Waals surface area contributed by atoms with Crippen molar-refractivity contribution in [2.45, 2.75) is 12.5 Å². The summed E-state index contributed by atoms with van der Waals surface area (Å²) in [6.07, 6.45) is 5.26. The number of thioether (sulfide) groups is 1. The van der Waals surface area contributed by atoms with Crippen LogP contribution < -0.4 is 20.9 Å². The van der Waals surface area contributed by atoms with E-state index < -0.39 is 23.8 Å². The van der Waals surface area contributed by atoms with Crippen LogP contribution in [0.25, 0.3) is 0 Å². The highest BCUT2D eigenvalue weighted by Crippen LogP contribution is 2.17. The summed E-state index contributed by atoms with van der Waals surface area (Å²) >= 11 is 1.55. The van der Waals surface area contributed by atoms with Crippen molar-refractivity contribution in [1.82, 2.24) is 21.2 Å². The zero-order valence-electron chi connectivity index (χ0n) is 15.6. The molecule has 0 unspecified atom stereocenters. The molecule has 0 aliphatic carbocycles. The third-order valence-electron chi connectivity index (χ3n) is 3.83. The van der Waals surface area contributed by atoms with Gasteiger partial charge in [0, 0.05) is 18.0 Å². The first-order chi connectivity index (χ1) is 13.6. The number of hydrogen-bond acceptors (Lipinski definition) is 6. The Labute approximate surface area is 167 Å². The average Bonchev–Trinajstić information content (AvgIpc) is 2.75. The number of hydrogen-bond donors (Lipinski definition) is 3. The van der Waals surface area contributed by atoms with Gasteiger partial charge in [0.05, 0.1) is 12.7 Å². The van der Waals surface area contributed by atoms with Crippen LogP contribution in [-0.2, 0) is 4.79 Å². The molecule has 0 aliphatic rings. The topological polar surface area (TPSA) is 109 Å². The molecule has 1 aromatic carbocycles. The van der Waals surface area contributed by atoms with E-state index in [1.54, 1.807) is 36.0 Å². The second-order valence-corrected chi connectivity index (χ2v) is 6.67. The highest BCUT2D eigenvalue weighted by Gasteiger charge is 2.23. The Kier molecular flexibility index (Phi) is 8.29. The largest absolute Gasteiger partial charge is 0.496 e. The lowest BCUT2D eigenvalue weighted by Gasteiger charge is -2.19. The van der Waals surface area contributed by atoms with Crippen LogP contribution in [-0.4, -0.2) is 47.9 Å². The van der Waals surface area contributed by atoms with Crippen molar-refractivity contribution in [2.75, 3.05) is 19.1 Å². The molecular weight excluding hydrogens is 380 g/mol. The molecule has 9 heteroatoms. The number of pyridine rings is 1. The predicted octanol–water partition coefficient (Wildman–Crippen LogP) is 1.40. The highest BCUT2D eigenvalue weighted by atomic mass is 32.2. The zero-order chi connectivity index (χ0) is 20.4. The lowest BCUT2D eigenvalue weighted by Crippen LogP contribution is -2.52. The first kappa shape index (κ1) is 21.2. The highest BCUT2D eigenvalue weighted by molar-refractivity contribution is 7.98. The van der Waals surface area contributed by atoms with Gasteiger partial charge in [0.25, 0.3) is 17.7 Å². The molecule has 28 heavy (non-hydrogen) atoms. The van der Waals surface area contributed by atoms with Crippen LogP contribution in [0.3, 0.4) is 0 Å². The summed E-state index contributed by atoms with van der Waals surface area (Å²) in [6.45, 7) is 0. The number of amides is 3. The van der Waals surface area contributed by atoms with Crippen molar-refractivity contribution in [1.29, 1.82) is 0 Å². The van der Waals surface area contributed by atoms with E-state index >= 15 is 0 Å². The van der Waals surface area contributed by atoms with Gasteiger partial charge in [0.2, 0.25) is 0 Å². The SMILES string of the molecule is COc1ccccc1C(=O)N[C@@H](CCSC)C(=O)NNC(=O)c1ccncc1. The quantitative estimate of drug-likeness (QED) is 0.576. The van der Waals surface area contributed by atoms with E-state index in [2.05, 4.69) is 21.2 Å². The standard InChI is InChI=1S/C19H22N4O4S/c1-27-16-6-4-3-5-14(16)18(25)21-15(9-12-28-2)19(26)23-22-17(24)13-7-10-20-11-8-13/h3-8,10-11,15H,9,12H2,1-2H3,(H,21,25)(H,22,24)(H,23,26)/t15-/m0/s1. The van der Waals surface area contributed by atoms with Gasteiger partial charge < -0.3 is 10.1 Å². The number of hydrazine groups is 1. The van der Waals surface area contributed by atoms with Gasteiger partial charge in [-0.05, 0) is 42.7 Å². The van der Waals surface area contributed by atoms with Crippen molar-refractivity contribution >= 4 is 29.5 Å². The van der Waals surface area contributed by atoms with Gasteiger partial charge in [0.1, 0.15) is 11.8 Å². The number of nitrogens with one attached hydrogen (secondary N) is 3. The molecule has 1 heterocycles. The number of carbonyl (C=O) groups is 3. The molecule has 148 valence electrons. The second-order valence-electron chi connectivity index (χ2n) is 5.69. The van der Waals surface area contributed by atoms with Crippen LogP contribution >= 0.6 is 11.8 Å². The number of para-hydroxylation sites is 1. The summed E-state index contributed by atoms with van der Waals surface area (Å²) in [5.74, 6) is -0.355. The summed E-state index contributed by atoms with van der Waals surface area (Å²) in [5.41, 5.74) is 5.39. The average molecular weight is 402 g/mol. The van der Waals surface area contributed by atoms with Crippen LogP contribution in [0.4, 0.5) is 0 Å². The van der Waals surface area contributed by atoms with E-state index in [-0.39, 0.29) is 0 Å². The number of aromatic nitrogens is 1. The van der Waals surface area contributed by atoms with Gasteiger partial charge in [-0.1, -0.05) is 12.1 Å². The maximum absolute atomic E-state index is 12.6. The molecule has 0 spiro atoms. The van der Waals surface area contributed by atoms with Gasteiger partial charge in [-0.25, -0.2) is 0 Å². The summed E-state index contributed by atoms with van der Waals surface area (Å²) in [7, 11) is 1.47. The van der Waals surface area contributed by atoms with Crippen molar-refractivity contribution in [3.05, 3.63) is 59.9 Å². The smallest absolute Gasteiger partial charge is 0.269 e. The number of carbonyl (C=O) groups excluding carboxylic acids is 3. The Balaban J connectivity index is 2.02. The molecule has 3 N–H and O–H groups in total. The Morgan fingerprint density at radius 1 is 1.07 bits per heavy atom. The van der Waals surface area contributed by atoms with Gasteiger partial charge in [-0.3, -0.25) is 30.2 Å². The second kappa shape index (κ2) is 10.9. The Bertz CT molecular complexity index is 817. The van der Waals surface area contributed by atoms with Crippen LogP contribution in [0.2, 0.25) is 0 Å². The molecule has 2 rings (SSSR count). The molecular formula is C19H22N4O4S. The molecule has 0 aliphatic heterocycles. The number of methoxy groups -OCH3 is 1. The molecule has 0 saturated carbocycles. The summed E-state index contributed by atoms with van der Waals surface area (Å²) in [4.78, 5) is 41.0. The van der Waals surface area contributed by atoms with Crippen LogP contribution in [0.5, 0.6) is 5.75 Å². The summed E-state index contributed by atoms with van der Waals surface area (Å²) < 4.78 is 5.19. The van der Waals surface area contributed by atoms with Gasteiger partial charge in [-0.2, -0.15) is 11.8 Å². The van der Waals surface area contributed by atoms with Crippen molar-refractivity contribution in [3.63, 3.8) is 0 Å². The Morgan fingerprint density at radius 2 is 1.79 bits per heavy atom. The van der Waals surface area contributed by atoms with E-state index in [9.17, 15) is 14.4 Å². The number of benzene rings is 1. The first-order valence-electron chi connectivity index (χ1n) is 8.50. The van der Waals surface area contributed by atoms with Crippen molar-refractivity contribution in [2.24, 2.45) is 0 Å². The number of rotatable bonds is 8. The van der Waals surface area contributed by atoms with Crippen LogP contribution in [0.15, 0.2) is 48.8 Å². The Hall–Kier alpha value is -3.07. The lowest BCUT2D eigenvalue weighted by molar-refractivity contribution is -0.123. The lowest BCUT2D eigenvalue weighted by atomic mass is 10.1. The molecule has 8 nitrogen and oxygen atoms in total. The minimum atomic E-state index is -0.817. The van der Waals surface area contributed by atoms with E-state index in [1.165, 1.54) is 31.6 Å². The van der Waals surface area contributed by atoms with Crippen molar-refractivity contribution < 1.29 is 19.1 Å². The molecule has 0 saturated heterocycles. The molecule has 0 bridgehead atoms. The Morgan fingerprint density at radius 3 is 2.46 bits per heavy atom. The molecule has 1 aromatic heterocycles. The fourth-order valence-electron chi connectivity index (χ4n) is 2.35. The van der Waals surface area contributed by atoms with Gasteiger partial charge >= 0.3 is 0 Å².